The molecule has 0 aromatic heterocycles. The molecule has 0 heterocycles. The molecule has 88 valence electrons. The summed E-state index contributed by atoms with van der Waals surface area (Å²) in [7, 11) is 0. The maximum Gasteiger partial charge on any atom is 0.269 e. The molecule has 0 fully saturated rings. The van der Waals surface area contributed by atoms with Gasteiger partial charge in [-0.25, -0.2) is 0 Å². The van der Waals surface area contributed by atoms with E-state index in [1.54, 1.807) is 31.2 Å². The van der Waals surface area contributed by atoms with Gasteiger partial charge in [0.2, 0.25) is 0 Å². The van der Waals surface area contributed by atoms with E-state index in [0.717, 1.165) is 0 Å². The van der Waals surface area contributed by atoms with Crippen molar-refractivity contribution in [3.63, 3.8) is 0 Å². The molecular weight excluding hydrogens is 240 g/mol. The molecule has 5 heteroatoms. The van der Waals surface area contributed by atoms with Crippen LogP contribution in [0, 0.1) is 18.3 Å². The van der Waals surface area contributed by atoms with E-state index in [9.17, 15) is 4.79 Å². The summed E-state index contributed by atoms with van der Waals surface area (Å²) < 4.78 is 0. The number of nitrogens with zero attached hydrogens (tertiary/aromatic N) is 1. The Balaban J connectivity index is 3.01. The number of allylic oxidation sites excluding steroid dienone is 1. The second-order valence-corrected chi connectivity index (χ2v) is 3.85. The van der Waals surface area contributed by atoms with Gasteiger partial charge >= 0.3 is 0 Å². The maximum atomic E-state index is 11.7. The number of rotatable bonds is 2. The van der Waals surface area contributed by atoms with E-state index in [1.165, 1.54) is 6.92 Å². The molecule has 2 N–H and O–H groups in total. The van der Waals surface area contributed by atoms with Gasteiger partial charge in [-0.2, -0.15) is 5.26 Å². The minimum atomic E-state index is -0.655. The summed E-state index contributed by atoms with van der Waals surface area (Å²) in [5, 5.41) is 20.9. The van der Waals surface area contributed by atoms with E-state index in [1.807, 2.05) is 0 Å². The van der Waals surface area contributed by atoms with Crippen LogP contribution in [0.3, 0.4) is 0 Å². The highest BCUT2D eigenvalue weighted by atomic mass is 35.5. The van der Waals surface area contributed by atoms with Crippen molar-refractivity contribution >= 4 is 23.2 Å². The van der Waals surface area contributed by atoms with Crippen molar-refractivity contribution in [2.45, 2.75) is 13.8 Å². The lowest BCUT2D eigenvalue weighted by Crippen LogP contribution is -2.15. The first kappa shape index (κ1) is 13.1. The van der Waals surface area contributed by atoms with Crippen LogP contribution in [0.2, 0.25) is 5.02 Å². The monoisotopic (exact) mass is 250 g/mol. The minimum absolute atomic E-state index is 0.315. The van der Waals surface area contributed by atoms with Crippen LogP contribution >= 0.6 is 11.6 Å². The average molecular weight is 251 g/mol. The number of nitriles is 1. The van der Waals surface area contributed by atoms with Crippen LogP contribution in [0.4, 0.5) is 5.69 Å². The zero-order chi connectivity index (χ0) is 13.0. The van der Waals surface area contributed by atoms with Gasteiger partial charge in [-0.15, -0.1) is 0 Å². The summed E-state index contributed by atoms with van der Waals surface area (Å²) in [6, 6.07) is 6.69. The molecule has 1 amide bonds. The number of hydrogen-bond donors (Lipinski definition) is 2. The van der Waals surface area contributed by atoms with E-state index < -0.39 is 5.91 Å². The van der Waals surface area contributed by atoms with E-state index in [-0.39, 0.29) is 11.3 Å². The van der Waals surface area contributed by atoms with Crippen molar-refractivity contribution in [1.82, 2.24) is 0 Å². The molecule has 1 aromatic carbocycles. The van der Waals surface area contributed by atoms with Gasteiger partial charge < -0.3 is 10.4 Å². The number of nitrogens with one attached hydrogen (secondary N) is 1. The molecule has 0 atom stereocenters. The van der Waals surface area contributed by atoms with Gasteiger partial charge in [-0.3, -0.25) is 4.79 Å². The Labute approximate surface area is 104 Å². The third-order valence-corrected chi connectivity index (χ3v) is 2.63. The fourth-order valence-electron chi connectivity index (χ4n) is 1.22. The molecule has 0 aliphatic rings. The molecule has 0 spiro atoms. The predicted molar refractivity (Wildman–Crippen MR) is 65.8 cm³/mol. The Morgan fingerprint density at radius 1 is 1.53 bits per heavy atom. The molecule has 0 aliphatic carbocycles. The van der Waals surface area contributed by atoms with Gasteiger partial charge in [-0.05, 0) is 31.5 Å². The quantitative estimate of drug-likeness (QED) is 0.481. The van der Waals surface area contributed by atoms with Gasteiger partial charge in [0.05, 0.1) is 0 Å². The van der Waals surface area contributed by atoms with Crippen LogP contribution < -0.4 is 5.32 Å². The lowest BCUT2D eigenvalue weighted by molar-refractivity contribution is -0.112. The first-order valence-electron chi connectivity index (χ1n) is 4.83. The molecule has 0 unspecified atom stereocenters. The van der Waals surface area contributed by atoms with Gasteiger partial charge in [0.1, 0.15) is 11.8 Å². The zero-order valence-electron chi connectivity index (χ0n) is 9.41. The molecule has 0 saturated heterocycles. The van der Waals surface area contributed by atoms with Crippen LogP contribution in [-0.2, 0) is 4.79 Å². The summed E-state index contributed by atoms with van der Waals surface area (Å²) in [4.78, 5) is 11.7. The van der Waals surface area contributed by atoms with Crippen LogP contribution in [-0.4, -0.2) is 11.0 Å². The zero-order valence-corrected chi connectivity index (χ0v) is 10.2. The SMILES string of the molecule is CC(O)=C(C#N)C(=O)Nc1cccc(Cl)c1C. The standard InChI is InChI=1S/C12H11ClN2O2/c1-7-10(13)4-3-5-11(7)15-12(17)9(6-14)8(2)16/h3-5,16H,1-2H3,(H,15,17). The number of amides is 1. The molecule has 0 saturated carbocycles. The van der Waals surface area contributed by atoms with Crippen LogP contribution in [0.1, 0.15) is 12.5 Å². The second-order valence-electron chi connectivity index (χ2n) is 3.44. The number of carbonyl (C=O) groups is 1. The number of benzene rings is 1. The van der Waals surface area contributed by atoms with E-state index in [2.05, 4.69) is 5.32 Å². The van der Waals surface area contributed by atoms with Crippen LogP contribution in [0.5, 0.6) is 0 Å². The Bertz CT molecular complexity index is 526. The summed E-state index contributed by atoms with van der Waals surface area (Å²) >= 11 is 5.90. The molecule has 4 nitrogen and oxygen atoms in total. The molecule has 0 aliphatic heterocycles. The molecule has 0 bridgehead atoms. The first-order chi connectivity index (χ1) is 7.97. The molecule has 17 heavy (non-hydrogen) atoms. The smallest absolute Gasteiger partial charge is 0.269 e. The normalized spacial score (nSPS) is 11.4. The van der Waals surface area contributed by atoms with Gasteiger partial charge in [-0.1, -0.05) is 17.7 Å². The summed E-state index contributed by atoms with van der Waals surface area (Å²) in [6.45, 7) is 3.03. The van der Waals surface area contributed by atoms with E-state index in [0.29, 0.717) is 16.3 Å². The van der Waals surface area contributed by atoms with Crippen molar-refractivity contribution in [2.24, 2.45) is 0 Å². The Morgan fingerprint density at radius 3 is 2.71 bits per heavy atom. The fraction of sp³-hybridized carbons (Fsp3) is 0.167. The Morgan fingerprint density at radius 2 is 2.18 bits per heavy atom. The van der Waals surface area contributed by atoms with E-state index >= 15 is 0 Å². The first-order valence-corrected chi connectivity index (χ1v) is 5.21. The highest BCUT2D eigenvalue weighted by molar-refractivity contribution is 6.31. The maximum absolute atomic E-state index is 11.7. The summed E-state index contributed by atoms with van der Waals surface area (Å²) in [5.74, 6) is -0.970. The predicted octanol–water partition coefficient (Wildman–Crippen LogP) is 2.94. The van der Waals surface area contributed by atoms with Crippen molar-refractivity contribution in [3.8, 4) is 6.07 Å². The van der Waals surface area contributed by atoms with Crippen molar-refractivity contribution in [1.29, 1.82) is 5.26 Å². The molecule has 1 aromatic rings. The van der Waals surface area contributed by atoms with Gasteiger partial charge in [0.15, 0.2) is 5.57 Å². The fourth-order valence-corrected chi connectivity index (χ4v) is 1.40. The van der Waals surface area contributed by atoms with Crippen LogP contribution in [0.25, 0.3) is 0 Å². The lowest BCUT2D eigenvalue weighted by Gasteiger charge is -2.08. The number of hydrogen-bond acceptors (Lipinski definition) is 3. The third kappa shape index (κ3) is 2.99. The third-order valence-electron chi connectivity index (χ3n) is 2.22. The van der Waals surface area contributed by atoms with Gasteiger partial charge in [0.25, 0.3) is 5.91 Å². The number of carbonyl (C=O) groups excluding carboxylic acids is 1. The Hall–Kier alpha value is -1.99. The molecule has 1 rings (SSSR count). The summed E-state index contributed by atoms with van der Waals surface area (Å²) in [5.41, 5.74) is 0.899. The average Bonchev–Trinajstić information content (AvgIpc) is 2.25. The largest absolute Gasteiger partial charge is 0.511 e. The number of anilines is 1. The van der Waals surface area contributed by atoms with Gasteiger partial charge in [0, 0.05) is 10.7 Å². The second kappa shape index (κ2) is 5.37. The van der Waals surface area contributed by atoms with Crippen molar-refractivity contribution in [2.75, 3.05) is 5.32 Å². The number of aliphatic hydroxyl groups is 1. The highest BCUT2D eigenvalue weighted by Crippen LogP contribution is 2.23. The highest BCUT2D eigenvalue weighted by Gasteiger charge is 2.14. The molecule has 0 radical (unpaired) electrons. The van der Waals surface area contributed by atoms with Crippen molar-refractivity contribution in [3.05, 3.63) is 40.1 Å². The minimum Gasteiger partial charge on any atom is -0.511 e. The topological polar surface area (TPSA) is 73.1 Å². The van der Waals surface area contributed by atoms with E-state index in [4.69, 9.17) is 22.0 Å². The number of halogens is 1. The number of aliphatic hydroxyl groups excluding tert-OH is 1. The van der Waals surface area contributed by atoms with Crippen molar-refractivity contribution < 1.29 is 9.90 Å². The lowest BCUT2D eigenvalue weighted by atomic mass is 10.2. The van der Waals surface area contributed by atoms with Crippen LogP contribution in [0.15, 0.2) is 29.5 Å². The Kier molecular flexibility index (Phi) is 4.13. The molecular formula is C12H11ClN2O2. The summed E-state index contributed by atoms with van der Waals surface area (Å²) in [6.07, 6.45) is 0.